The summed E-state index contributed by atoms with van der Waals surface area (Å²) in [4.78, 5) is 13.9. The van der Waals surface area contributed by atoms with E-state index in [2.05, 4.69) is 6.07 Å². The van der Waals surface area contributed by atoms with Crippen LogP contribution in [-0.4, -0.2) is 24.9 Å². The molecule has 3 nitrogen and oxygen atoms in total. The maximum atomic E-state index is 15.6. The molecule has 200 valence electrons. The van der Waals surface area contributed by atoms with Gasteiger partial charge >= 0.3 is 0 Å². The molecule has 1 aliphatic carbocycles. The molecule has 1 fully saturated rings. The molecule has 4 aromatic carbocycles. The van der Waals surface area contributed by atoms with Gasteiger partial charge in [-0.25, -0.2) is 8.78 Å². The molecule has 1 atom stereocenters. The summed E-state index contributed by atoms with van der Waals surface area (Å²) in [6.45, 7) is 0. The zero-order valence-electron chi connectivity index (χ0n) is 22.4. The van der Waals surface area contributed by atoms with Gasteiger partial charge in [0.05, 0.1) is 0 Å². The Labute approximate surface area is 229 Å². The summed E-state index contributed by atoms with van der Waals surface area (Å²) in [5.74, 6) is 0.0219. The minimum Gasteiger partial charge on any atom is -0.481 e. The lowest BCUT2D eigenvalue weighted by Gasteiger charge is -2.25. The number of hydrogen-bond donors (Lipinski definition) is 0. The van der Waals surface area contributed by atoms with Gasteiger partial charge in [-0.1, -0.05) is 67.8 Å². The van der Waals surface area contributed by atoms with E-state index in [-0.39, 0.29) is 17.5 Å². The number of benzene rings is 4. The maximum Gasteiger partial charge on any atom is 0.253 e. The van der Waals surface area contributed by atoms with Gasteiger partial charge < -0.3 is 9.64 Å². The van der Waals surface area contributed by atoms with E-state index in [9.17, 15) is 9.18 Å². The predicted molar refractivity (Wildman–Crippen MR) is 151 cm³/mol. The lowest BCUT2D eigenvalue weighted by molar-refractivity contribution is 0.0827. The standard InChI is InChI=1S/C34H33F2NO2/c1-37(2)34(38)26-14-12-24(13-15-26)33(25-16-18-27(35)19-17-25)39-28-20-21-31(32(36)22-28)30-11-7-6-10-29(30)23-8-4-3-5-9-23/h6-7,10-23,33H,3-5,8-9H2,1-2H3. The van der Waals surface area contributed by atoms with Crippen LogP contribution in [0.1, 0.15) is 71.2 Å². The third-order valence-corrected chi connectivity index (χ3v) is 7.53. The number of ether oxygens (including phenoxy) is 1. The largest absolute Gasteiger partial charge is 0.481 e. The number of amides is 1. The van der Waals surface area contributed by atoms with Gasteiger partial charge in [-0.05, 0) is 77.4 Å². The van der Waals surface area contributed by atoms with Crippen LogP contribution in [0.3, 0.4) is 0 Å². The van der Waals surface area contributed by atoms with Gasteiger partial charge in [-0.3, -0.25) is 4.79 Å². The van der Waals surface area contributed by atoms with Gasteiger partial charge in [-0.15, -0.1) is 0 Å². The fraction of sp³-hybridized carbons (Fsp3) is 0.265. The number of carbonyl (C=O) groups is 1. The van der Waals surface area contributed by atoms with Crippen molar-refractivity contribution in [2.45, 2.75) is 44.1 Å². The quantitative estimate of drug-likeness (QED) is 0.242. The van der Waals surface area contributed by atoms with Gasteiger partial charge in [0.2, 0.25) is 0 Å². The highest BCUT2D eigenvalue weighted by Crippen LogP contribution is 2.40. The number of nitrogens with zero attached hydrogens (tertiary/aromatic N) is 1. The molecule has 4 aromatic rings. The summed E-state index contributed by atoms with van der Waals surface area (Å²) in [6, 6.07) is 26.3. The van der Waals surface area contributed by atoms with Crippen molar-refractivity contribution in [1.82, 2.24) is 4.90 Å². The second-order valence-electron chi connectivity index (χ2n) is 10.4. The Morgan fingerprint density at radius 1 is 0.795 bits per heavy atom. The van der Waals surface area contributed by atoms with Crippen LogP contribution in [0.15, 0.2) is 91.0 Å². The summed E-state index contributed by atoms with van der Waals surface area (Å²) < 4.78 is 35.7. The van der Waals surface area contributed by atoms with Crippen LogP contribution in [0.4, 0.5) is 8.78 Å². The molecule has 0 heterocycles. The summed E-state index contributed by atoms with van der Waals surface area (Å²) in [6.07, 6.45) is 5.35. The van der Waals surface area contributed by atoms with Crippen LogP contribution in [0, 0.1) is 11.6 Å². The number of rotatable bonds is 7. The van der Waals surface area contributed by atoms with Crippen LogP contribution in [0.25, 0.3) is 11.1 Å². The van der Waals surface area contributed by atoms with Crippen molar-refractivity contribution < 1.29 is 18.3 Å². The number of carbonyl (C=O) groups excluding carboxylic acids is 1. The van der Waals surface area contributed by atoms with Crippen molar-refractivity contribution in [2.24, 2.45) is 0 Å². The molecule has 0 aliphatic heterocycles. The Hall–Kier alpha value is -3.99. The zero-order valence-corrected chi connectivity index (χ0v) is 22.4. The van der Waals surface area contributed by atoms with Crippen molar-refractivity contribution in [3.05, 3.63) is 125 Å². The number of halogens is 2. The molecule has 0 radical (unpaired) electrons. The normalized spacial score (nSPS) is 14.6. The first-order valence-corrected chi connectivity index (χ1v) is 13.5. The van der Waals surface area contributed by atoms with E-state index in [1.54, 1.807) is 50.5 Å². The monoisotopic (exact) mass is 525 g/mol. The van der Waals surface area contributed by atoms with Gasteiger partial charge in [0, 0.05) is 31.3 Å². The first-order chi connectivity index (χ1) is 18.9. The molecule has 0 N–H and O–H groups in total. The molecular weight excluding hydrogens is 492 g/mol. The summed E-state index contributed by atoms with van der Waals surface area (Å²) in [5.41, 5.74) is 4.74. The fourth-order valence-electron chi connectivity index (χ4n) is 5.46. The maximum absolute atomic E-state index is 15.6. The van der Waals surface area contributed by atoms with Crippen LogP contribution >= 0.6 is 0 Å². The smallest absolute Gasteiger partial charge is 0.253 e. The summed E-state index contributed by atoms with van der Waals surface area (Å²) in [7, 11) is 3.40. The van der Waals surface area contributed by atoms with Crippen LogP contribution in [-0.2, 0) is 0 Å². The van der Waals surface area contributed by atoms with E-state index >= 15 is 4.39 Å². The van der Waals surface area contributed by atoms with Crippen LogP contribution in [0.5, 0.6) is 5.75 Å². The van der Waals surface area contributed by atoms with Gasteiger partial charge in [0.1, 0.15) is 23.5 Å². The summed E-state index contributed by atoms with van der Waals surface area (Å²) >= 11 is 0. The molecular formula is C34H33F2NO2. The lowest BCUT2D eigenvalue weighted by atomic mass is 9.81. The minimum absolute atomic E-state index is 0.105. The van der Waals surface area contributed by atoms with Crippen molar-refractivity contribution in [1.29, 1.82) is 0 Å². The molecule has 1 saturated carbocycles. The van der Waals surface area contributed by atoms with Crippen molar-refractivity contribution >= 4 is 5.91 Å². The Balaban J connectivity index is 1.46. The molecule has 0 bridgehead atoms. The Kier molecular flexibility index (Phi) is 8.06. The zero-order chi connectivity index (χ0) is 27.4. The van der Waals surface area contributed by atoms with E-state index < -0.39 is 6.10 Å². The average Bonchev–Trinajstić information content (AvgIpc) is 2.97. The molecule has 0 saturated heterocycles. The summed E-state index contributed by atoms with van der Waals surface area (Å²) in [5, 5.41) is 0. The third-order valence-electron chi connectivity index (χ3n) is 7.53. The van der Waals surface area contributed by atoms with Crippen molar-refractivity contribution in [3.63, 3.8) is 0 Å². The number of hydrogen-bond acceptors (Lipinski definition) is 2. The predicted octanol–water partition coefficient (Wildman–Crippen LogP) is 8.55. The molecule has 5 rings (SSSR count). The van der Waals surface area contributed by atoms with E-state index in [1.807, 2.05) is 30.3 Å². The fourth-order valence-corrected chi connectivity index (χ4v) is 5.46. The molecule has 1 unspecified atom stereocenters. The van der Waals surface area contributed by atoms with Crippen LogP contribution in [0.2, 0.25) is 0 Å². The van der Waals surface area contributed by atoms with E-state index in [0.29, 0.717) is 22.8 Å². The average molecular weight is 526 g/mol. The Bertz CT molecular complexity index is 1420. The van der Waals surface area contributed by atoms with Gasteiger partial charge in [0.15, 0.2) is 0 Å². The van der Waals surface area contributed by atoms with Gasteiger partial charge in [-0.2, -0.15) is 0 Å². The Morgan fingerprint density at radius 3 is 2.08 bits per heavy atom. The van der Waals surface area contributed by atoms with Crippen molar-refractivity contribution in [2.75, 3.05) is 14.1 Å². The SMILES string of the molecule is CN(C)C(=O)c1ccc(C(Oc2ccc(-c3ccccc3C3CCCCC3)c(F)c2)c2ccc(F)cc2)cc1. The molecule has 0 spiro atoms. The second-order valence-corrected chi connectivity index (χ2v) is 10.4. The highest BCUT2D eigenvalue weighted by molar-refractivity contribution is 5.93. The molecule has 1 amide bonds. The van der Waals surface area contributed by atoms with E-state index in [4.69, 9.17) is 4.74 Å². The van der Waals surface area contributed by atoms with Crippen molar-refractivity contribution in [3.8, 4) is 16.9 Å². The van der Waals surface area contributed by atoms with Gasteiger partial charge in [0.25, 0.3) is 5.91 Å². The Morgan fingerprint density at radius 2 is 1.44 bits per heavy atom. The highest BCUT2D eigenvalue weighted by atomic mass is 19.1. The first-order valence-electron chi connectivity index (χ1n) is 13.5. The third kappa shape index (κ3) is 6.03. The van der Waals surface area contributed by atoms with E-state index in [1.165, 1.54) is 47.9 Å². The first kappa shape index (κ1) is 26.6. The second kappa shape index (κ2) is 11.8. The highest BCUT2D eigenvalue weighted by Gasteiger charge is 2.22. The molecule has 0 aromatic heterocycles. The molecule has 5 heteroatoms. The molecule has 39 heavy (non-hydrogen) atoms. The topological polar surface area (TPSA) is 29.5 Å². The molecule has 1 aliphatic rings. The lowest BCUT2D eigenvalue weighted by Crippen LogP contribution is -2.21. The van der Waals surface area contributed by atoms with Crippen LogP contribution < -0.4 is 4.74 Å². The minimum atomic E-state index is -0.617. The van der Waals surface area contributed by atoms with E-state index in [0.717, 1.165) is 29.5 Å².